The zero-order valence-electron chi connectivity index (χ0n) is 9.27. The summed E-state index contributed by atoms with van der Waals surface area (Å²) in [5.74, 6) is 0. The molecule has 0 bridgehead atoms. The van der Waals surface area contributed by atoms with Crippen LogP contribution in [-0.2, 0) is 0 Å². The summed E-state index contributed by atoms with van der Waals surface area (Å²) in [4.78, 5) is 3.47. The Bertz CT molecular complexity index is 179. The van der Waals surface area contributed by atoms with Gasteiger partial charge in [0.15, 0.2) is 0 Å². The van der Waals surface area contributed by atoms with Gasteiger partial charge in [0.1, 0.15) is 0 Å². The normalized spacial score (nSPS) is 29.6. The van der Waals surface area contributed by atoms with Crippen LogP contribution < -0.4 is 0 Å². The highest BCUT2D eigenvalue weighted by molar-refractivity contribution is 9.09. The molecule has 0 amide bonds. The molecule has 14 heavy (non-hydrogen) atoms. The van der Waals surface area contributed by atoms with E-state index in [-0.39, 0.29) is 0 Å². The zero-order valence-corrected chi connectivity index (χ0v) is 10.9. The molecule has 1 nitrogen and oxygen atoms in total. The lowest BCUT2D eigenvalue weighted by molar-refractivity contribution is 0.147. The first-order valence-electron chi connectivity index (χ1n) is 6.04. The largest absolute Gasteiger partial charge is 0.303 e. The van der Waals surface area contributed by atoms with E-state index in [4.69, 9.17) is 0 Å². The monoisotopic (exact) mass is 259 g/mol. The van der Waals surface area contributed by atoms with Crippen LogP contribution in [0, 0.1) is 5.41 Å². The first-order chi connectivity index (χ1) is 6.68. The van der Waals surface area contributed by atoms with Crippen LogP contribution in [0.3, 0.4) is 0 Å². The topological polar surface area (TPSA) is 3.24 Å². The summed E-state index contributed by atoms with van der Waals surface area (Å²) in [7, 11) is 0. The fourth-order valence-corrected chi connectivity index (χ4v) is 3.40. The highest BCUT2D eigenvalue weighted by Gasteiger charge is 2.31. The van der Waals surface area contributed by atoms with E-state index in [9.17, 15) is 0 Å². The van der Waals surface area contributed by atoms with E-state index in [1.165, 1.54) is 58.2 Å². The minimum absolute atomic E-state index is 0.652. The summed E-state index contributed by atoms with van der Waals surface area (Å²) in [6, 6.07) is 0. The fourth-order valence-electron chi connectivity index (χ4n) is 2.99. The molecule has 2 fully saturated rings. The number of alkyl halides is 1. The van der Waals surface area contributed by atoms with Gasteiger partial charge >= 0.3 is 0 Å². The van der Waals surface area contributed by atoms with Crippen molar-refractivity contribution in [2.75, 3.05) is 19.6 Å². The first kappa shape index (κ1) is 10.9. The van der Waals surface area contributed by atoms with E-state index >= 15 is 0 Å². The smallest absolute Gasteiger partial charge is 0.0170 e. The Morgan fingerprint density at radius 3 is 2.36 bits per heavy atom. The van der Waals surface area contributed by atoms with Crippen molar-refractivity contribution in [3.05, 3.63) is 0 Å². The molecular formula is C12H22BrN. The van der Waals surface area contributed by atoms with Gasteiger partial charge in [0.2, 0.25) is 0 Å². The van der Waals surface area contributed by atoms with Crippen LogP contribution in [0.5, 0.6) is 0 Å². The Morgan fingerprint density at radius 2 is 1.79 bits per heavy atom. The van der Waals surface area contributed by atoms with Crippen molar-refractivity contribution in [2.45, 2.75) is 50.3 Å². The average molecular weight is 260 g/mol. The summed E-state index contributed by atoms with van der Waals surface area (Å²) < 4.78 is 0. The molecule has 0 atom stereocenters. The van der Waals surface area contributed by atoms with Crippen molar-refractivity contribution >= 4 is 15.9 Å². The van der Waals surface area contributed by atoms with Gasteiger partial charge in [0, 0.05) is 11.4 Å². The van der Waals surface area contributed by atoms with Crippen LogP contribution in [-0.4, -0.2) is 29.4 Å². The Labute approximate surface area is 96.4 Å². The predicted molar refractivity (Wildman–Crippen MR) is 65.0 cm³/mol. The van der Waals surface area contributed by atoms with Gasteiger partial charge in [0.25, 0.3) is 0 Å². The van der Waals surface area contributed by atoms with Crippen LogP contribution in [0.4, 0.5) is 0 Å². The van der Waals surface area contributed by atoms with Gasteiger partial charge in [-0.25, -0.2) is 0 Å². The van der Waals surface area contributed by atoms with E-state index < -0.39 is 0 Å². The minimum atomic E-state index is 0.652. The number of hydrogen-bond donors (Lipinski definition) is 0. The van der Waals surface area contributed by atoms with Crippen molar-refractivity contribution in [1.29, 1.82) is 0 Å². The van der Waals surface area contributed by atoms with E-state index in [1.54, 1.807) is 0 Å². The Hall–Kier alpha value is 0.440. The van der Waals surface area contributed by atoms with Crippen molar-refractivity contribution in [3.8, 4) is 0 Å². The second-order valence-corrected chi connectivity index (χ2v) is 6.76. The van der Waals surface area contributed by atoms with Gasteiger partial charge in [-0.1, -0.05) is 35.7 Å². The Kier molecular flexibility index (Phi) is 3.54. The Morgan fingerprint density at radius 1 is 1.21 bits per heavy atom. The van der Waals surface area contributed by atoms with Gasteiger partial charge in [-0.15, -0.1) is 0 Å². The molecule has 1 heterocycles. The molecule has 0 radical (unpaired) electrons. The van der Waals surface area contributed by atoms with Gasteiger partial charge in [-0.2, -0.15) is 0 Å². The fraction of sp³-hybridized carbons (Fsp3) is 1.00. The summed E-state index contributed by atoms with van der Waals surface area (Å²) in [6.07, 6.45) is 8.53. The first-order valence-corrected chi connectivity index (χ1v) is 6.96. The van der Waals surface area contributed by atoms with Crippen LogP contribution in [0.2, 0.25) is 0 Å². The van der Waals surface area contributed by atoms with E-state index in [1.807, 2.05) is 0 Å². The molecule has 2 aliphatic rings. The maximum absolute atomic E-state index is 3.72. The highest BCUT2D eigenvalue weighted by Crippen LogP contribution is 2.38. The number of hydrogen-bond acceptors (Lipinski definition) is 1. The van der Waals surface area contributed by atoms with E-state index in [2.05, 4.69) is 27.8 Å². The third kappa shape index (κ3) is 2.73. The molecule has 0 aromatic rings. The molecule has 2 rings (SSSR count). The lowest BCUT2D eigenvalue weighted by Gasteiger charge is -2.36. The number of nitrogens with zero attached hydrogens (tertiary/aromatic N) is 1. The molecule has 1 aliphatic heterocycles. The molecule has 1 saturated carbocycles. The van der Waals surface area contributed by atoms with Gasteiger partial charge in [-0.3, -0.25) is 0 Å². The maximum Gasteiger partial charge on any atom is 0.0170 e. The summed E-state index contributed by atoms with van der Waals surface area (Å²) in [5.41, 5.74) is 0.652. The Balaban J connectivity index is 1.79. The molecule has 0 spiro atoms. The molecule has 82 valence electrons. The SMILES string of the molecule is CC1(CN2CCC(Br)CC2)CCCC1. The van der Waals surface area contributed by atoms with Gasteiger partial charge < -0.3 is 4.90 Å². The highest BCUT2D eigenvalue weighted by atomic mass is 79.9. The molecular weight excluding hydrogens is 238 g/mol. The quantitative estimate of drug-likeness (QED) is 0.687. The van der Waals surface area contributed by atoms with Crippen LogP contribution in [0.15, 0.2) is 0 Å². The average Bonchev–Trinajstić information content (AvgIpc) is 2.57. The molecule has 2 heteroatoms. The van der Waals surface area contributed by atoms with Gasteiger partial charge in [-0.05, 0) is 44.2 Å². The van der Waals surface area contributed by atoms with E-state index in [0.29, 0.717) is 5.41 Å². The minimum Gasteiger partial charge on any atom is -0.303 e. The lowest BCUT2D eigenvalue weighted by Crippen LogP contribution is -2.40. The lowest BCUT2D eigenvalue weighted by atomic mass is 9.87. The third-order valence-corrected chi connectivity index (χ3v) is 4.85. The summed E-state index contributed by atoms with van der Waals surface area (Å²) >= 11 is 3.72. The second-order valence-electron chi connectivity index (χ2n) is 5.47. The third-order valence-electron chi connectivity index (χ3n) is 3.93. The molecule has 0 unspecified atom stereocenters. The van der Waals surface area contributed by atoms with Crippen LogP contribution >= 0.6 is 15.9 Å². The molecule has 1 aliphatic carbocycles. The number of piperidine rings is 1. The molecule has 0 N–H and O–H groups in total. The summed E-state index contributed by atoms with van der Waals surface area (Å²) in [6.45, 7) is 6.46. The molecule has 1 saturated heterocycles. The number of halogens is 1. The predicted octanol–water partition coefficient (Wildman–Crippen LogP) is 3.43. The maximum atomic E-state index is 3.72. The number of rotatable bonds is 2. The molecule has 0 aromatic heterocycles. The standard InChI is InChI=1S/C12H22BrN/c1-12(6-2-3-7-12)10-14-8-4-11(13)5-9-14/h11H,2-10H2,1H3. The van der Waals surface area contributed by atoms with E-state index in [0.717, 1.165) is 4.83 Å². The van der Waals surface area contributed by atoms with Crippen molar-refractivity contribution in [3.63, 3.8) is 0 Å². The second kappa shape index (κ2) is 4.52. The van der Waals surface area contributed by atoms with Crippen molar-refractivity contribution in [1.82, 2.24) is 4.90 Å². The van der Waals surface area contributed by atoms with Crippen LogP contribution in [0.25, 0.3) is 0 Å². The number of likely N-dealkylation sites (tertiary alicyclic amines) is 1. The molecule has 0 aromatic carbocycles. The summed E-state index contributed by atoms with van der Waals surface area (Å²) in [5, 5.41) is 0. The van der Waals surface area contributed by atoms with Crippen molar-refractivity contribution < 1.29 is 0 Å². The van der Waals surface area contributed by atoms with Gasteiger partial charge in [0.05, 0.1) is 0 Å². The zero-order chi connectivity index (χ0) is 10.0. The van der Waals surface area contributed by atoms with Crippen molar-refractivity contribution in [2.24, 2.45) is 5.41 Å². The van der Waals surface area contributed by atoms with Crippen LogP contribution in [0.1, 0.15) is 45.4 Å².